The van der Waals surface area contributed by atoms with Gasteiger partial charge in [-0.15, -0.1) is 0 Å². The Bertz CT molecular complexity index is 1330. The van der Waals surface area contributed by atoms with Crippen LogP contribution in [0.1, 0.15) is 49.9 Å². The number of Topliss-reactive ketones (excluding diaryl/α,β-unsaturated/α-hetero) is 1. The van der Waals surface area contributed by atoms with Crippen LogP contribution in [0.15, 0.2) is 53.7 Å². The number of amides is 2. The maximum atomic E-state index is 13.8. The third-order valence-electron chi connectivity index (χ3n) is 7.78. The van der Waals surface area contributed by atoms with Gasteiger partial charge in [0.25, 0.3) is 15.9 Å². The number of nitrogens with one attached hydrogen (secondary N) is 1. The van der Waals surface area contributed by atoms with E-state index in [0.717, 1.165) is 31.6 Å². The highest BCUT2D eigenvalue weighted by atomic mass is 32.2. The summed E-state index contributed by atoms with van der Waals surface area (Å²) in [4.78, 5) is 47.7. The summed E-state index contributed by atoms with van der Waals surface area (Å²) in [6.07, 6.45) is 4.46. The SMILES string of the molecule is CC(C)CC(NC(=O)c1ccc(N2CCCC2)cc1)C(=O)N1CCC2C1C(=O)CN2S(=O)(=O)c1ccccn1. The number of fused-ring (bicyclic) bond motifs is 1. The number of pyridine rings is 1. The number of aromatic nitrogens is 1. The van der Waals surface area contributed by atoms with Gasteiger partial charge in [0.1, 0.15) is 12.1 Å². The molecule has 3 aliphatic rings. The fourth-order valence-electron chi connectivity index (χ4n) is 5.89. The molecule has 11 heteroatoms. The highest BCUT2D eigenvalue weighted by Gasteiger charge is 2.54. The number of hydrogen-bond donors (Lipinski definition) is 1. The molecule has 1 aromatic carbocycles. The summed E-state index contributed by atoms with van der Waals surface area (Å²) in [5, 5.41) is 2.77. The number of carbonyl (C=O) groups is 3. The van der Waals surface area contributed by atoms with E-state index in [2.05, 4.69) is 15.2 Å². The Balaban J connectivity index is 1.31. The Morgan fingerprint density at radius 2 is 1.77 bits per heavy atom. The summed E-state index contributed by atoms with van der Waals surface area (Å²) in [5.74, 6) is -0.925. The fraction of sp³-hybridized carbons (Fsp3) is 0.500. The molecule has 3 atom stereocenters. The van der Waals surface area contributed by atoms with Gasteiger partial charge in [0, 0.05) is 37.1 Å². The third-order valence-corrected chi connectivity index (χ3v) is 9.57. The van der Waals surface area contributed by atoms with Crippen LogP contribution < -0.4 is 10.2 Å². The largest absolute Gasteiger partial charge is 0.372 e. The first kappa shape index (κ1) is 27.3. The molecule has 4 heterocycles. The van der Waals surface area contributed by atoms with Gasteiger partial charge in [0.2, 0.25) is 5.91 Å². The fourth-order valence-corrected chi connectivity index (χ4v) is 7.45. The summed E-state index contributed by atoms with van der Waals surface area (Å²) < 4.78 is 27.6. The lowest BCUT2D eigenvalue weighted by atomic mass is 10.0. The molecule has 39 heavy (non-hydrogen) atoms. The normalized spacial score (nSPS) is 22.4. The Kier molecular flexibility index (Phi) is 7.73. The number of anilines is 1. The van der Waals surface area contributed by atoms with Crippen molar-refractivity contribution < 1.29 is 22.8 Å². The van der Waals surface area contributed by atoms with E-state index in [1.165, 1.54) is 21.5 Å². The van der Waals surface area contributed by atoms with E-state index >= 15 is 0 Å². The lowest BCUT2D eigenvalue weighted by molar-refractivity contribution is -0.138. The highest BCUT2D eigenvalue weighted by molar-refractivity contribution is 7.89. The molecule has 1 aromatic heterocycles. The molecule has 208 valence electrons. The summed E-state index contributed by atoms with van der Waals surface area (Å²) in [5.41, 5.74) is 1.54. The van der Waals surface area contributed by atoms with Gasteiger partial charge in [-0.05, 0) is 68.0 Å². The van der Waals surface area contributed by atoms with Crippen LogP contribution in [0.3, 0.4) is 0 Å². The molecular formula is C28H35N5O5S. The zero-order valence-electron chi connectivity index (χ0n) is 22.3. The minimum absolute atomic E-state index is 0.107. The van der Waals surface area contributed by atoms with E-state index in [-0.39, 0.29) is 41.6 Å². The Morgan fingerprint density at radius 3 is 2.41 bits per heavy atom. The van der Waals surface area contributed by atoms with Crippen molar-refractivity contribution in [3.63, 3.8) is 0 Å². The number of carbonyl (C=O) groups excluding carboxylic acids is 3. The summed E-state index contributed by atoms with van der Waals surface area (Å²) in [7, 11) is -3.99. The molecule has 2 amide bonds. The van der Waals surface area contributed by atoms with Crippen LogP contribution in [0.5, 0.6) is 0 Å². The number of likely N-dealkylation sites (tertiary alicyclic amines) is 1. The standard InChI is InChI=1S/C28H35N5O5S/c1-19(2)17-22(30-27(35)20-8-10-21(11-9-20)31-14-5-6-15-31)28(36)32-16-12-23-26(32)24(34)18-33(23)39(37,38)25-7-3-4-13-29-25/h3-4,7-11,13,19,22-23,26H,5-6,12,14-18H2,1-2H3,(H,30,35). The van der Waals surface area contributed by atoms with Crippen molar-refractivity contribution in [1.29, 1.82) is 0 Å². The molecule has 0 radical (unpaired) electrons. The predicted octanol–water partition coefficient (Wildman–Crippen LogP) is 2.07. The molecule has 0 saturated carbocycles. The van der Waals surface area contributed by atoms with Crippen LogP contribution in [-0.4, -0.2) is 84.5 Å². The van der Waals surface area contributed by atoms with Crippen LogP contribution in [-0.2, 0) is 19.6 Å². The Hall–Kier alpha value is -3.31. The minimum atomic E-state index is -3.99. The van der Waals surface area contributed by atoms with Gasteiger partial charge < -0.3 is 15.1 Å². The molecule has 0 spiro atoms. The molecule has 10 nitrogen and oxygen atoms in total. The van der Waals surface area contributed by atoms with Gasteiger partial charge in [-0.3, -0.25) is 14.4 Å². The monoisotopic (exact) mass is 553 g/mol. The van der Waals surface area contributed by atoms with Crippen molar-refractivity contribution in [1.82, 2.24) is 19.5 Å². The third kappa shape index (κ3) is 5.42. The van der Waals surface area contributed by atoms with Crippen molar-refractivity contribution in [2.75, 3.05) is 31.1 Å². The van der Waals surface area contributed by atoms with Crippen molar-refractivity contribution in [3.05, 3.63) is 54.2 Å². The number of hydrogen-bond acceptors (Lipinski definition) is 7. The second kappa shape index (κ2) is 11.1. The maximum absolute atomic E-state index is 13.8. The molecule has 3 saturated heterocycles. The maximum Gasteiger partial charge on any atom is 0.261 e. The van der Waals surface area contributed by atoms with E-state index in [4.69, 9.17) is 0 Å². The van der Waals surface area contributed by atoms with E-state index < -0.39 is 28.1 Å². The van der Waals surface area contributed by atoms with Gasteiger partial charge in [-0.2, -0.15) is 4.31 Å². The second-order valence-electron chi connectivity index (χ2n) is 10.9. The van der Waals surface area contributed by atoms with Gasteiger partial charge >= 0.3 is 0 Å². The van der Waals surface area contributed by atoms with Crippen LogP contribution in [0.25, 0.3) is 0 Å². The highest BCUT2D eigenvalue weighted by Crippen LogP contribution is 2.34. The van der Waals surface area contributed by atoms with Gasteiger partial charge in [-0.25, -0.2) is 13.4 Å². The minimum Gasteiger partial charge on any atom is -0.372 e. The average Bonchev–Trinajstić information content (AvgIpc) is 3.67. The molecule has 3 fully saturated rings. The lowest BCUT2D eigenvalue weighted by Crippen LogP contribution is -2.53. The predicted molar refractivity (Wildman–Crippen MR) is 146 cm³/mol. The van der Waals surface area contributed by atoms with Crippen molar-refractivity contribution in [2.24, 2.45) is 5.92 Å². The topological polar surface area (TPSA) is 120 Å². The number of rotatable bonds is 8. The molecule has 2 aromatic rings. The van der Waals surface area contributed by atoms with Gasteiger partial charge in [-0.1, -0.05) is 19.9 Å². The van der Waals surface area contributed by atoms with Crippen LogP contribution in [0.4, 0.5) is 5.69 Å². The summed E-state index contributed by atoms with van der Waals surface area (Å²) in [6, 6.07) is 9.65. The van der Waals surface area contributed by atoms with E-state index in [1.807, 2.05) is 26.0 Å². The second-order valence-corrected chi connectivity index (χ2v) is 12.8. The zero-order valence-corrected chi connectivity index (χ0v) is 23.1. The number of nitrogens with zero attached hydrogens (tertiary/aromatic N) is 4. The van der Waals surface area contributed by atoms with Crippen LogP contribution in [0, 0.1) is 5.92 Å². The van der Waals surface area contributed by atoms with Crippen LogP contribution in [0.2, 0.25) is 0 Å². The van der Waals surface area contributed by atoms with Crippen molar-refractivity contribution >= 4 is 33.3 Å². The number of benzene rings is 1. The first-order valence-electron chi connectivity index (χ1n) is 13.6. The Labute approximate surface area is 229 Å². The molecule has 3 unspecified atom stereocenters. The molecule has 0 bridgehead atoms. The van der Waals surface area contributed by atoms with Crippen LogP contribution >= 0.6 is 0 Å². The average molecular weight is 554 g/mol. The first-order valence-corrected chi connectivity index (χ1v) is 15.0. The smallest absolute Gasteiger partial charge is 0.261 e. The lowest BCUT2D eigenvalue weighted by Gasteiger charge is -2.29. The molecule has 3 aliphatic heterocycles. The molecular weight excluding hydrogens is 518 g/mol. The van der Waals surface area contributed by atoms with Gasteiger partial charge in [0.15, 0.2) is 10.8 Å². The summed E-state index contributed by atoms with van der Waals surface area (Å²) in [6.45, 7) is 5.88. The number of ketones is 1. The number of sulfonamides is 1. The zero-order chi connectivity index (χ0) is 27.7. The van der Waals surface area contributed by atoms with Crippen molar-refractivity contribution in [3.8, 4) is 0 Å². The quantitative estimate of drug-likeness (QED) is 0.531. The van der Waals surface area contributed by atoms with Gasteiger partial charge in [0.05, 0.1) is 12.6 Å². The first-order chi connectivity index (χ1) is 18.7. The molecule has 0 aliphatic carbocycles. The van der Waals surface area contributed by atoms with E-state index in [0.29, 0.717) is 18.4 Å². The molecule has 5 rings (SSSR count). The molecule has 1 N–H and O–H groups in total. The Morgan fingerprint density at radius 1 is 1.05 bits per heavy atom. The van der Waals surface area contributed by atoms with E-state index in [1.54, 1.807) is 24.3 Å². The van der Waals surface area contributed by atoms with Crippen molar-refractivity contribution in [2.45, 2.75) is 62.7 Å². The van der Waals surface area contributed by atoms with E-state index in [9.17, 15) is 22.8 Å². The summed E-state index contributed by atoms with van der Waals surface area (Å²) >= 11 is 0.